The summed E-state index contributed by atoms with van der Waals surface area (Å²) in [5.74, 6) is -0.769. The Hall–Kier alpha value is -2.29. The van der Waals surface area contributed by atoms with Crippen molar-refractivity contribution >= 4 is 17.7 Å². The van der Waals surface area contributed by atoms with Gasteiger partial charge in [0.2, 0.25) is 11.8 Å². The lowest BCUT2D eigenvalue weighted by Crippen LogP contribution is -2.52. The largest absolute Gasteiger partial charge is 0.396 e. The van der Waals surface area contributed by atoms with E-state index in [9.17, 15) is 19.5 Å². The molecule has 4 rings (SSSR count). The van der Waals surface area contributed by atoms with Gasteiger partial charge in [0, 0.05) is 50.2 Å². The monoisotopic (exact) mass is 386 g/mol. The van der Waals surface area contributed by atoms with Gasteiger partial charge in [0.1, 0.15) is 6.04 Å². The zero-order valence-electron chi connectivity index (χ0n) is 15.8. The molecule has 2 fully saturated rings. The Morgan fingerprint density at radius 1 is 1.21 bits per heavy atom. The number of benzene rings is 1. The second kappa shape index (κ2) is 7.62. The number of fused-ring (bicyclic) bond motifs is 1. The average molecular weight is 386 g/mol. The fourth-order valence-electron chi connectivity index (χ4n) is 4.50. The van der Waals surface area contributed by atoms with E-state index in [4.69, 9.17) is 5.73 Å². The van der Waals surface area contributed by atoms with Crippen LogP contribution in [0.3, 0.4) is 0 Å². The second-order valence-corrected chi connectivity index (χ2v) is 7.97. The highest BCUT2D eigenvalue weighted by atomic mass is 16.3. The van der Waals surface area contributed by atoms with E-state index >= 15 is 0 Å². The summed E-state index contributed by atoms with van der Waals surface area (Å²) in [6.45, 7) is 2.72. The molecule has 28 heavy (non-hydrogen) atoms. The van der Waals surface area contributed by atoms with Crippen LogP contribution in [0.25, 0.3) is 0 Å². The summed E-state index contributed by atoms with van der Waals surface area (Å²) in [6.07, 6.45) is 1.45. The third-order valence-corrected chi connectivity index (χ3v) is 6.18. The normalized spacial score (nSPS) is 28.4. The minimum Gasteiger partial charge on any atom is -0.396 e. The molecule has 1 aromatic carbocycles. The zero-order chi connectivity index (χ0) is 19.8. The van der Waals surface area contributed by atoms with Crippen LogP contribution in [0.4, 0.5) is 0 Å². The first-order valence-electron chi connectivity index (χ1n) is 9.82. The molecule has 4 N–H and O–H groups in total. The van der Waals surface area contributed by atoms with Crippen LogP contribution in [0.15, 0.2) is 18.2 Å². The van der Waals surface area contributed by atoms with Gasteiger partial charge in [-0.1, -0.05) is 12.1 Å². The molecule has 1 aromatic rings. The smallest absolute Gasteiger partial charge is 0.255 e. The first-order valence-corrected chi connectivity index (χ1v) is 9.82. The van der Waals surface area contributed by atoms with Crippen LogP contribution in [-0.4, -0.2) is 64.4 Å². The van der Waals surface area contributed by atoms with Gasteiger partial charge >= 0.3 is 0 Å². The lowest BCUT2D eigenvalue weighted by atomic mass is 9.93. The molecule has 1 unspecified atom stereocenters. The molecule has 0 saturated carbocycles. The van der Waals surface area contributed by atoms with Crippen molar-refractivity contribution in [2.45, 2.75) is 44.4 Å². The summed E-state index contributed by atoms with van der Waals surface area (Å²) in [6, 6.07) is 5.11. The maximum Gasteiger partial charge on any atom is 0.255 e. The molecule has 8 heteroatoms. The van der Waals surface area contributed by atoms with Crippen LogP contribution in [0.1, 0.15) is 40.7 Å². The highest BCUT2D eigenvalue weighted by Gasteiger charge is 2.40. The van der Waals surface area contributed by atoms with Gasteiger partial charge in [0.15, 0.2) is 0 Å². The number of imide groups is 1. The minimum absolute atomic E-state index is 0.0207. The van der Waals surface area contributed by atoms with Gasteiger partial charge in [0.05, 0.1) is 0 Å². The quantitative estimate of drug-likeness (QED) is 0.606. The molecule has 3 atom stereocenters. The molecule has 0 aromatic heterocycles. The summed E-state index contributed by atoms with van der Waals surface area (Å²) < 4.78 is 0. The van der Waals surface area contributed by atoms with Crippen LogP contribution in [0.2, 0.25) is 0 Å². The molecular weight excluding hydrogens is 360 g/mol. The number of nitrogens with one attached hydrogen (secondary N) is 1. The van der Waals surface area contributed by atoms with Gasteiger partial charge in [-0.2, -0.15) is 0 Å². The summed E-state index contributed by atoms with van der Waals surface area (Å²) >= 11 is 0. The van der Waals surface area contributed by atoms with Gasteiger partial charge in [0.25, 0.3) is 5.91 Å². The van der Waals surface area contributed by atoms with Gasteiger partial charge in [-0.15, -0.1) is 0 Å². The molecule has 150 valence electrons. The van der Waals surface area contributed by atoms with Crippen LogP contribution < -0.4 is 11.1 Å². The van der Waals surface area contributed by atoms with Crippen LogP contribution in [0.5, 0.6) is 0 Å². The Morgan fingerprint density at radius 2 is 2.04 bits per heavy atom. The molecule has 3 heterocycles. The van der Waals surface area contributed by atoms with Crippen molar-refractivity contribution in [1.82, 2.24) is 15.1 Å². The molecule has 0 radical (unpaired) electrons. The SMILES string of the molecule is N[C@@H]1CCN(Cc2cccc3c2CN(C2CCC(=O)NC2=O)C3=O)C[C@H]1CO. The average Bonchev–Trinajstić information content (AvgIpc) is 3.01. The maximum absolute atomic E-state index is 12.9. The number of nitrogens with two attached hydrogens (primary N) is 1. The first-order chi connectivity index (χ1) is 13.5. The highest BCUT2D eigenvalue weighted by molar-refractivity contribution is 6.05. The fraction of sp³-hybridized carbons (Fsp3) is 0.550. The Morgan fingerprint density at radius 3 is 2.79 bits per heavy atom. The molecule has 0 aliphatic carbocycles. The number of nitrogens with zero attached hydrogens (tertiary/aromatic N) is 2. The predicted molar refractivity (Wildman–Crippen MR) is 101 cm³/mol. The predicted octanol–water partition coefficient (Wildman–Crippen LogP) is -0.411. The van der Waals surface area contributed by atoms with E-state index in [0.717, 1.165) is 30.6 Å². The van der Waals surface area contributed by atoms with E-state index < -0.39 is 11.9 Å². The summed E-state index contributed by atoms with van der Waals surface area (Å²) in [4.78, 5) is 40.4. The molecular formula is C20H26N4O4. The third kappa shape index (κ3) is 3.43. The number of carbonyl (C=O) groups excluding carboxylic acids is 3. The number of piperidine rings is 2. The zero-order valence-corrected chi connectivity index (χ0v) is 15.8. The Bertz CT molecular complexity index is 811. The molecule has 3 aliphatic rings. The summed E-state index contributed by atoms with van der Waals surface area (Å²) in [7, 11) is 0. The van der Waals surface area contributed by atoms with Crippen molar-refractivity contribution in [1.29, 1.82) is 0 Å². The van der Waals surface area contributed by atoms with Crippen LogP contribution in [-0.2, 0) is 22.7 Å². The molecule has 0 bridgehead atoms. The lowest BCUT2D eigenvalue weighted by Gasteiger charge is -2.36. The fourth-order valence-corrected chi connectivity index (χ4v) is 4.50. The number of rotatable bonds is 4. The number of carbonyl (C=O) groups is 3. The molecule has 3 amide bonds. The summed E-state index contributed by atoms with van der Waals surface area (Å²) in [5.41, 5.74) is 8.73. The van der Waals surface area contributed by atoms with Crippen molar-refractivity contribution in [3.8, 4) is 0 Å². The maximum atomic E-state index is 12.9. The number of hydrogen-bond acceptors (Lipinski definition) is 6. The molecule has 3 aliphatic heterocycles. The molecule has 0 spiro atoms. The van der Waals surface area contributed by atoms with Gasteiger partial charge < -0.3 is 15.7 Å². The van der Waals surface area contributed by atoms with Crippen molar-refractivity contribution in [3.05, 3.63) is 34.9 Å². The third-order valence-electron chi connectivity index (χ3n) is 6.18. The van der Waals surface area contributed by atoms with Gasteiger partial charge in [-0.3, -0.25) is 24.6 Å². The van der Waals surface area contributed by atoms with Crippen LogP contribution >= 0.6 is 0 Å². The minimum atomic E-state index is -0.600. The Balaban J connectivity index is 1.52. The van der Waals surface area contributed by atoms with Gasteiger partial charge in [-0.05, 0) is 36.6 Å². The van der Waals surface area contributed by atoms with Crippen molar-refractivity contribution < 1.29 is 19.5 Å². The van der Waals surface area contributed by atoms with E-state index in [0.29, 0.717) is 25.1 Å². The highest BCUT2D eigenvalue weighted by Crippen LogP contribution is 2.31. The van der Waals surface area contributed by atoms with Gasteiger partial charge in [-0.25, -0.2) is 0 Å². The van der Waals surface area contributed by atoms with E-state index in [1.54, 1.807) is 11.0 Å². The number of likely N-dealkylation sites (tertiary alicyclic amines) is 1. The Labute approximate surface area is 163 Å². The van der Waals surface area contributed by atoms with Crippen molar-refractivity contribution in [2.24, 2.45) is 11.7 Å². The second-order valence-electron chi connectivity index (χ2n) is 7.97. The van der Waals surface area contributed by atoms with Crippen LogP contribution in [0, 0.1) is 5.92 Å². The molecule has 8 nitrogen and oxygen atoms in total. The number of aliphatic hydroxyl groups excluding tert-OH is 1. The number of amides is 3. The number of aliphatic hydroxyl groups is 1. The topological polar surface area (TPSA) is 116 Å². The van der Waals surface area contributed by atoms with E-state index in [1.165, 1.54) is 0 Å². The number of hydrogen-bond donors (Lipinski definition) is 3. The van der Waals surface area contributed by atoms with E-state index in [1.807, 2.05) is 12.1 Å². The first kappa shape index (κ1) is 19.0. The van der Waals surface area contributed by atoms with Crippen molar-refractivity contribution in [3.63, 3.8) is 0 Å². The lowest BCUT2D eigenvalue weighted by molar-refractivity contribution is -0.136. The molecule has 2 saturated heterocycles. The summed E-state index contributed by atoms with van der Waals surface area (Å²) in [5, 5.41) is 11.9. The Kier molecular flexibility index (Phi) is 5.18. The standard InChI is InChI=1S/C20H26N4O4/c21-16-6-7-23(9-13(16)11-25)8-12-2-1-3-14-15(12)10-24(20(14)28)17-4-5-18(26)22-19(17)27/h1-3,13,16-17,25H,4-11,21H2,(H,22,26,27)/t13-,16+,17?/m0/s1. The van der Waals surface area contributed by atoms with E-state index in [-0.39, 0.29) is 36.8 Å². The van der Waals surface area contributed by atoms with Crippen molar-refractivity contribution in [2.75, 3.05) is 19.7 Å². The van der Waals surface area contributed by atoms with E-state index in [2.05, 4.69) is 10.2 Å².